The molecule has 1 atom stereocenters. The van der Waals surface area contributed by atoms with Crippen LogP contribution in [0.4, 0.5) is 0 Å². The first kappa shape index (κ1) is 22.6. The lowest BCUT2D eigenvalue weighted by Gasteiger charge is -2.08. The highest BCUT2D eigenvalue weighted by molar-refractivity contribution is 6.36. The number of hydrogen-bond acceptors (Lipinski definition) is 3. The molecule has 0 aromatic heterocycles. The molecule has 0 aliphatic carbocycles. The minimum Gasteiger partial charge on any atom is -0.480 e. The molecule has 0 fully saturated rings. The van der Waals surface area contributed by atoms with Crippen LogP contribution in [0.2, 0.25) is 0 Å². The molecule has 5 heteroatoms. The van der Waals surface area contributed by atoms with Gasteiger partial charge in [0.05, 0.1) is 0 Å². The fourth-order valence-corrected chi connectivity index (χ4v) is 2.58. The van der Waals surface area contributed by atoms with Gasteiger partial charge in [0.1, 0.15) is 6.04 Å². The van der Waals surface area contributed by atoms with E-state index in [-0.39, 0.29) is 6.42 Å². The maximum absolute atomic E-state index is 11.6. The van der Waals surface area contributed by atoms with Gasteiger partial charge in [-0.3, -0.25) is 14.4 Å². The lowest BCUT2D eigenvalue weighted by molar-refractivity contribution is -0.143. The normalized spacial score (nSPS) is 11.9. The maximum atomic E-state index is 11.6. The van der Waals surface area contributed by atoms with Crippen molar-refractivity contribution in [3.63, 3.8) is 0 Å². The van der Waals surface area contributed by atoms with Crippen LogP contribution in [0.5, 0.6) is 0 Å². The Morgan fingerprint density at radius 2 is 1.21 bits per heavy atom. The molecule has 0 aromatic carbocycles. The molecule has 0 aliphatic rings. The molecule has 0 radical (unpaired) electrons. The van der Waals surface area contributed by atoms with Crippen molar-refractivity contribution in [1.29, 1.82) is 0 Å². The zero-order chi connectivity index (χ0) is 18.2. The van der Waals surface area contributed by atoms with Crippen LogP contribution in [0.1, 0.15) is 97.3 Å². The summed E-state index contributed by atoms with van der Waals surface area (Å²) in [6.07, 6.45) is 14.7. The van der Waals surface area contributed by atoms with E-state index >= 15 is 0 Å². The van der Waals surface area contributed by atoms with Crippen LogP contribution in [0.3, 0.4) is 0 Å². The summed E-state index contributed by atoms with van der Waals surface area (Å²) in [4.78, 5) is 33.6. The van der Waals surface area contributed by atoms with Crippen LogP contribution in [-0.2, 0) is 14.4 Å². The van der Waals surface area contributed by atoms with Gasteiger partial charge >= 0.3 is 5.97 Å². The van der Waals surface area contributed by atoms with Gasteiger partial charge in [-0.25, -0.2) is 0 Å². The highest BCUT2D eigenvalue weighted by Gasteiger charge is 2.19. The maximum Gasteiger partial charge on any atom is 0.325 e. The first-order valence-electron chi connectivity index (χ1n) is 9.55. The Morgan fingerprint density at radius 1 is 0.792 bits per heavy atom. The van der Waals surface area contributed by atoms with Crippen molar-refractivity contribution < 1.29 is 19.5 Å². The zero-order valence-corrected chi connectivity index (χ0v) is 15.4. The van der Waals surface area contributed by atoms with E-state index < -0.39 is 23.7 Å². The van der Waals surface area contributed by atoms with Crippen LogP contribution in [-0.4, -0.2) is 28.8 Å². The Balaban J connectivity index is 3.42. The van der Waals surface area contributed by atoms with Gasteiger partial charge in [-0.1, -0.05) is 77.6 Å². The number of ketones is 1. The summed E-state index contributed by atoms with van der Waals surface area (Å²) in [6.45, 7) is 3.58. The molecule has 0 unspecified atom stereocenters. The van der Waals surface area contributed by atoms with Crippen molar-refractivity contribution in [2.24, 2.45) is 0 Å². The second-order valence-corrected chi connectivity index (χ2v) is 6.60. The Hall–Kier alpha value is -1.39. The number of Topliss-reactive ketones (excluding diaryl/α,β-unsaturated/α-hetero) is 1. The molecule has 0 saturated heterocycles. The number of amides is 1. The second-order valence-electron chi connectivity index (χ2n) is 6.60. The molecule has 140 valence electrons. The van der Waals surface area contributed by atoms with Crippen LogP contribution in [0.15, 0.2) is 0 Å². The van der Waals surface area contributed by atoms with Gasteiger partial charge in [-0.2, -0.15) is 0 Å². The predicted molar refractivity (Wildman–Crippen MR) is 95.9 cm³/mol. The summed E-state index contributed by atoms with van der Waals surface area (Å²) < 4.78 is 0. The number of carbonyl (C=O) groups excluding carboxylic acids is 2. The van der Waals surface area contributed by atoms with Crippen molar-refractivity contribution in [3.8, 4) is 0 Å². The Bertz CT molecular complexity index is 368. The van der Waals surface area contributed by atoms with E-state index in [0.29, 0.717) is 6.42 Å². The van der Waals surface area contributed by atoms with Crippen LogP contribution < -0.4 is 5.32 Å². The van der Waals surface area contributed by atoms with Crippen LogP contribution >= 0.6 is 0 Å². The molecule has 0 heterocycles. The number of hydrogen-bond donors (Lipinski definition) is 2. The average Bonchev–Trinajstić information content (AvgIpc) is 2.55. The van der Waals surface area contributed by atoms with Gasteiger partial charge in [-0.15, -0.1) is 0 Å². The Kier molecular flexibility index (Phi) is 14.3. The number of carbonyl (C=O) groups is 3. The van der Waals surface area contributed by atoms with Crippen molar-refractivity contribution in [3.05, 3.63) is 0 Å². The minimum atomic E-state index is -1.14. The van der Waals surface area contributed by atoms with E-state index in [4.69, 9.17) is 5.11 Å². The van der Waals surface area contributed by atoms with Gasteiger partial charge < -0.3 is 10.4 Å². The summed E-state index contributed by atoms with van der Waals surface area (Å²) >= 11 is 0. The quantitative estimate of drug-likeness (QED) is 0.325. The molecule has 2 N–H and O–H groups in total. The molecule has 0 aromatic rings. The Labute approximate surface area is 146 Å². The van der Waals surface area contributed by atoms with Crippen molar-refractivity contribution in [2.45, 2.75) is 103 Å². The van der Waals surface area contributed by atoms with Gasteiger partial charge in [0.15, 0.2) is 0 Å². The molecule has 1 amide bonds. The number of nitrogens with one attached hydrogen (secondary N) is 1. The summed E-state index contributed by atoms with van der Waals surface area (Å²) in [5.41, 5.74) is 0. The molecular weight excluding hydrogens is 306 g/mol. The number of carboxylic acid groups (broad SMARTS) is 1. The Morgan fingerprint density at radius 3 is 1.62 bits per heavy atom. The van der Waals surface area contributed by atoms with E-state index in [1.54, 1.807) is 0 Å². The molecule has 5 nitrogen and oxygen atoms in total. The molecule has 0 rings (SSSR count). The number of aliphatic carboxylic acids is 1. The van der Waals surface area contributed by atoms with E-state index in [1.807, 2.05) is 0 Å². The molecule has 0 saturated carbocycles. The summed E-state index contributed by atoms with van der Waals surface area (Å²) in [5.74, 6) is -2.44. The first-order chi connectivity index (χ1) is 11.5. The van der Waals surface area contributed by atoms with E-state index in [2.05, 4.69) is 12.2 Å². The molecular formula is C19H35NO4. The fourth-order valence-electron chi connectivity index (χ4n) is 2.58. The zero-order valence-electron chi connectivity index (χ0n) is 15.4. The summed E-state index contributed by atoms with van der Waals surface area (Å²) in [7, 11) is 0. The predicted octanol–water partition coefficient (Wildman–Crippen LogP) is 4.24. The SMILES string of the molecule is CCCCCCCCCCCCCCC(=O)C(=O)N[C@@H](C)C(=O)O. The number of carboxylic acids is 1. The third-order valence-electron chi connectivity index (χ3n) is 4.23. The lowest BCUT2D eigenvalue weighted by atomic mass is 10.0. The first-order valence-corrected chi connectivity index (χ1v) is 9.55. The summed E-state index contributed by atoms with van der Waals surface area (Å²) in [6, 6.07) is -1.02. The average molecular weight is 341 g/mol. The van der Waals surface area contributed by atoms with Crippen LogP contribution in [0, 0.1) is 0 Å². The molecule has 0 spiro atoms. The molecule has 24 heavy (non-hydrogen) atoms. The minimum absolute atomic E-state index is 0.204. The van der Waals surface area contributed by atoms with Crippen LogP contribution in [0.25, 0.3) is 0 Å². The topological polar surface area (TPSA) is 83.5 Å². The number of unbranched alkanes of at least 4 members (excludes halogenated alkanes) is 11. The highest BCUT2D eigenvalue weighted by Crippen LogP contribution is 2.12. The third-order valence-corrected chi connectivity index (χ3v) is 4.23. The van der Waals surface area contributed by atoms with E-state index in [0.717, 1.165) is 12.8 Å². The van der Waals surface area contributed by atoms with E-state index in [1.165, 1.54) is 64.7 Å². The molecule has 0 bridgehead atoms. The monoisotopic (exact) mass is 341 g/mol. The third kappa shape index (κ3) is 13.1. The van der Waals surface area contributed by atoms with Gasteiger partial charge in [-0.05, 0) is 13.3 Å². The summed E-state index contributed by atoms with van der Waals surface area (Å²) in [5, 5.41) is 10.9. The smallest absolute Gasteiger partial charge is 0.325 e. The largest absolute Gasteiger partial charge is 0.480 e. The fraction of sp³-hybridized carbons (Fsp3) is 0.842. The highest BCUT2D eigenvalue weighted by atomic mass is 16.4. The van der Waals surface area contributed by atoms with Crippen molar-refractivity contribution in [1.82, 2.24) is 5.32 Å². The van der Waals surface area contributed by atoms with Crippen molar-refractivity contribution >= 4 is 17.7 Å². The van der Waals surface area contributed by atoms with Crippen molar-refractivity contribution in [2.75, 3.05) is 0 Å². The molecule has 0 aliphatic heterocycles. The van der Waals surface area contributed by atoms with Gasteiger partial charge in [0, 0.05) is 6.42 Å². The van der Waals surface area contributed by atoms with Gasteiger partial charge in [0.2, 0.25) is 5.78 Å². The number of rotatable bonds is 16. The van der Waals surface area contributed by atoms with E-state index in [9.17, 15) is 14.4 Å². The lowest BCUT2D eigenvalue weighted by Crippen LogP contribution is -2.41. The standard InChI is InChI=1S/C19H35NO4/c1-3-4-5-6-7-8-9-10-11-12-13-14-15-17(21)18(22)20-16(2)19(23)24/h16H,3-15H2,1-2H3,(H,20,22)(H,23,24)/t16-/m0/s1. The second kappa shape index (κ2) is 15.2. The van der Waals surface area contributed by atoms with Gasteiger partial charge in [0.25, 0.3) is 5.91 Å².